The summed E-state index contributed by atoms with van der Waals surface area (Å²) < 4.78 is 14.7. The van der Waals surface area contributed by atoms with Crippen LogP contribution in [0.1, 0.15) is 38.3 Å². The molecule has 0 radical (unpaired) electrons. The fourth-order valence-electron chi connectivity index (χ4n) is 2.66. The molecule has 1 saturated heterocycles. The van der Waals surface area contributed by atoms with Crippen LogP contribution in [-0.2, 0) is 4.79 Å². The molecule has 0 saturated carbocycles. The maximum absolute atomic E-state index is 13.9. The lowest BCUT2D eigenvalue weighted by atomic mass is 10.0. The van der Waals surface area contributed by atoms with Gasteiger partial charge in [0.25, 0.3) is 0 Å². The molecule has 2 rings (SSSR count). The van der Waals surface area contributed by atoms with Crippen molar-refractivity contribution in [3.8, 4) is 0 Å². The zero-order valence-corrected chi connectivity index (χ0v) is 13.4. The molecule has 1 N–H and O–H groups in total. The largest absolute Gasteiger partial charge is 0.343 e. The molecule has 0 aliphatic carbocycles. The fourth-order valence-corrected chi connectivity index (χ4v) is 2.99. The van der Waals surface area contributed by atoms with Crippen molar-refractivity contribution in [1.82, 2.24) is 10.2 Å². The van der Waals surface area contributed by atoms with Gasteiger partial charge in [0, 0.05) is 42.1 Å². The van der Waals surface area contributed by atoms with Gasteiger partial charge in [0.15, 0.2) is 0 Å². The van der Waals surface area contributed by atoms with Gasteiger partial charge < -0.3 is 10.2 Å². The van der Waals surface area contributed by atoms with E-state index >= 15 is 0 Å². The van der Waals surface area contributed by atoms with Gasteiger partial charge in [-0.1, -0.05) is 22.0 Å². The Morgan fingerprint density at radius 2 is 2.10 bits per heavy atom. The molecule has 1 unspecified atom stereocenters. The summed E-state index contributed by atoms with van der Waals surface area (Å²) in [6.07, 6.45) is 1.84. The second-order valence-electron chi connectivity index (χ2n) is 5.33. The standard InChI is InChI=1S/C15H20BrFN2O/c1-10(14-4-3-12(16)9-15(14)17)18-13-5-7-19(8-6-13)11(2)20/h3-4,9-10,13,18H,5-8H2,1-2H3. The first-order valence-corrected chi connectivity index (χ1v) is 7.73. The van der Waals surface area contributed by atoms with Crippen LogP contribution in [0.25, 0.3) is 0 Å². The third kappa shape index (κ3) is 3.79. The predicted molar refractivity (Wildman–Crippen MR) is 80.9 cm³/mol. The highest BCUT2D eigenvalue weighted by Gasteiger charge is 2.22. The van der Waals surface area contributed by atoms with E-state index in [1.165, 1.54) is 6.07 Å². The maximum atomic E-state index is 13.9. The normalized spacial score (nSPS) is 18.1. The summed E-state index contributed by atoms with van der Waals surface area (Å²) in [6.45, 7) is 5.14. The molecule has 1 aliphatic heterocycles. The SMILES string of the molecule is CC(=O)N1CCC(NC(C)c2ccc(Br)cc2F)CC1. The Morgan fingerprint density at radius 1 is 1.45 bits per heavy atom. The van der Waals surface area contributed by atoms with Crippen LogP contribution < -0.4 is 5.32 Å². The highest BCUT2D eigenvalue weighted by atomic mass is 79.9. The number of carbonyl (C=O) groups excluding carboxylic acids is 1. The van der Waals surface area contributed by atoms with Crippen LogP contribution in [0.5, 0.6) is 0 Å². The van der Waals surface area contributed by atoms with Crippen LogP contribution in [0.2, 0.25) is 0 Å². The number of nitrogens with zero attached hydrogens (tertiary/aromatic N) is 1. The summed E-state index contributed by atoms with van der Waals surface area (Å²) in [5.41, 5.74) is 0.683. The van der Waals surface area contributed by atoms with Crippen molar-refractivity contribution in [2.24, 2.45) is 0 Å². The summed E-state index contributed by atoms with van der Waals surface area (Å²) >= 11 is 3.27. The highest BCUT2D eigenvalue weighted by Crippen LogP contribution is 2.22. The van der Waals surface area contributed by atoms with Crippen LogP contribution in [0.15, 0.2) is 22.7 Å². The van der Waals surface area contributed by atoms with Gasteiger partial charge in [-0.05, 0) is 31.9 Å². The van der Waals surface area contributed by atoms with Gasteiger partial charge in [-0.15, -0.1) is 0 Å². The zero-order valence-electron chi connectivity index (χ0n) is 11.8. The van der Waals surface area contributed by atoms with Gasteiger partial charge in [-0.3, -0.25) is 4.79 Å². The van der Waals surface area contributed by atoms with Crippen LogP contribution in [0.3, 0.4) is 0 Å². The van der Waals surface area contributed by atoms with E-state index in [0.717, 1.165) is 30.4 Å². The Kier molecular flexibility index (Phi) is 5.16. The molecule has 5 heteroatoms. The number of hydrogen-bond acceptors (Lipinski definition) is 2. The maximum Gasteiger partial charge on any atom is 0.219 e. The van der Waals surface area contributed by atoms with Gasteiger partial charge >= 0.3 is 0 Å². The molecule has 20 heavy (non-hydrogen) atoms. The second kappa shape index (κ2) is 6.68. The Morgan fingerprint density at radius 3 is 2.65 bits per heavy atom. The molecule has 1 aliphatic rings. The smallest absolute Gasteiger partial charge is 0.219 e. The number of likely N-dealkylation sites (tertiary alicyclic amines) is 1. The summed E-state index contributed by atoms with van der Waals surface area (Å²) in [5.74, 6) is -0.0593. The van der Waals surface area contributed by atoms with Crippen molar-refractivity contribution in [1.29, 1.82) is 0 Å². The monoisotopic (exact) mass is 342 g/mol. The zero-order chi connectivity index (χ0) is 14.7. The average molecular weight is 343 g/mol. The number of amides is 1. The first kappa shape index (κ1) is 15.4. The number of carbonyl (C=O) groups is 1. The van der Waals surface area contributed by atoms with Gasteiger partial charge in [-0.25, -0.2) is 4.39 Å². The fraction of sp³-hybridized carbons (Fsp3) is 0.533. The lowest BCUT2D eigenvalue weighted by Crippen LogP contribution is -2.44. The molecule has 1 aromatic carbocycles. The van der Waals surface area contributed by atoms with E-state index in [4.69, 9.17) is 0 Å². The molecular formula is C15H20BrFN2O. The summed E-state index contributed by atoms with van der Waals surface area (Å²) in [7, 11) is 0. The van der Waals surface area contributed by atoms with E-state index in [0.29, 0.717) is 11.6 Å². The molecule has 1 aromatic rings. The van der Waals surface area contributed by atoms with Crippen LogP contribution in [0.4, 0.5) is 4.39 Å². The molecule has 0 spiro atoms. The highest BCUT2D eigenvalue weighted by molar-refractivity contribution is 9.10. The van der Waals surface area contributed by atoms with Crippen molar-refractivity contribution in [2.45, 2.75) is 38.8 Å². The lowest BCUT2D eigenvalue weighted by Gasteiger charge is -2.33. The number of halogens is 2. The number of piperidine rings is 1. The van der Waals surface area contributed by atoms with Gasteiger partial charge in [0.05, 0.1) is 0 Å². The summed E-state index contributed by atoms with van der Waals surface area (Å²) in [6, 6.07) is 5.46. The van der Waals surface area contributed by atoms with Crippen molar-refractivity contribution < 1.29 is 9.18 Å². The van der Waals surface area contributed by atoms with Crippen molar-refractivity contribution in [3.05, 3.63) is 34.1 Å². The van der Waals surface area contributed by atoms with E-state index in [2.05, 4.69) is 21.2 Å². The molecule has 1 heterocycles. The molecule has 0 bridgehead atoms. The molecule has 3 nitrogen and oxygen atoms in total. The van der Waals surface area contributed by atoms with Gasteiger partial charge in [-0.2, -0.15) is 0 Å². The average Bonchev–Trinajstić information content (AvgIpc) is 2.39. The molecule has 1 amide bonds. The summed E-state index contributed by atoms with van der Waals surface area (Å²) in [5, 5.41) is 3.46. The number of benzene rings is 1. The third-order valence-corrected chi connectivity index (χ3v) is 4.35. The molecule has 1 atom stereocenters. The molecule has 1 fully saturated rings. The van der Waals surface area contributed by atoms with Crippen molar-refractivity contribution in [3.63, 3.8) is 0 Å². The second-order valence-corrected chi connectivity index (χ2v) is 6.25. The van der Waals surface area contributed by atoms with Crippen LogP contribution in [0, 0.1) is 5.82 Å². The topological polar surface area (TPSA) is 32.3 Å². The first-order chi connectivity index (χ1) is 9.47. The minimum atomic E-state index is -0.194. The van der Waals surface area contributed by atoms with Crippen LogP contribution in [-0.4, -0.2) is 29.9 Å². The quantitative estimate of drug-likeness (QED) is 0.914. The van der Waals surface area contributed by atoms with E-state index in [-0.39, 0.29) is 17.8 Å². The Labute approximate surface area is 127 Å². The Hall–Kier alpha value is -0.940. The minimum absolute atomic E-state index is 0.0306. The van der Waals surface area contributed by atoms with Crippen molar-refractivity contribution in [2.75, 3.05) is 13.1 Å². The third-order valence-electron chi connectivity index (χ3n) is 3.85. The van der Waals surface area contributed by atoms with Gasteiger partial charge in [0.2, 0.25) is 5.91 Å². The van der Waals surface area contributed by atoms with E-state index in [1.807, 2.05) is 24.0 Å². The number of rotatable bonds is 3. The minimum Gasteiger partial charge on any atom is -0.343 e. The lowest BCUT2D eigenvalue weighted by molar-refractivity contribution is -0.129. The van der Waals surface area contributed by atoms with E-state index in [9.17, 15) is 9.18 Å². The van der Waals surface area contributed by atoms with Crippen LogP contribution >= 0.6 is 15.9 Å². The van der Waals surface area contributed by atoms with Crippen molar-refractivity contribution >= 4 is 21.8 Å². The predicted octanol–water partition coefficient (Wildman–Crippen LogP) is 3.25. The Balaban J connectivity index is 1.92. The van der Waals surface area contributed by atoms with E-state index in [1.54, 1.807) is 6.92 Å². The number of nitrogens with one attached hydrogen (secondary N) is 1. The van der Waals surface area contributed by atoms with E-state index < -0.39 is 0 Å². The summed E-state index contributed by atoms with van der Waals surface area (Å²) in [4.78, 5) is 13.1. The molecule has 110 valence electrons. The van der Waals surface area contributed by atoms with Gasteiger partial charge in [0.1, 0.15) is 5.82 Å². The molecular weight excluding hydrogens is 323 g/mol. The Bertz CT molecular complexity index is 487. The number of hydrogen-bond donors (Lipinski definition) is 1. The molecule has 0 aromatic heterocycles. The first-order valence-electron chi connectivity index (χ1n) is 6.94.